The van der Waals surface area contributed by atoms with Crippen LogP contribution in [-0.4, -0.2) is 11.6 Å². The number of allylic oxidation sites excluding steroid dienone is 2. The van der Waals surface area contributed by atoms with Crippen LogP contribution in [0.25, 0.3) is 0 Å². The highest BCUT2D eigenvalue weighted by Crippen LogP contribution is 2.53. The molecule has 1 nitrogen and oxygen atoms in total. The maximum absolute atomic E-state index is 3.87. The third kappa shape index (κ3) is 1.19. The second kappa shape index (κ2) is 2.98. The zero-order chi connectivity index (χ0) is 10.5. The summed E-state index contributed by atoms with van der Waals surface area (Å²) < 4.78 is 0. The van der Waals surface area contributed by atoms with Gasteiger partial charge in [0, 0.05) is 17.0 Å². The maximum atomic E-state index is 3.87. The summed E-state index contributed by atoms with van der Waals surface area (Å²) in [7, 11) is 0. The van der Waals surface area contributed by atoms with Gasteiger partial charge in [0.1, 0.15) is 0 Å². The minimum absolute atomic E-state index is 0.365. The number of fused-ring (bicyclic) bond motifs is 3. The fourth-order valence-corrected chi connectivity index (χ4v) is 4.14. The van der Waals surface area contributed by atoms with E-state index >= 15 is 0 Å². The van der Waals surface area contributed by atoms with E-state index in [0.717, 1.165) is 5.92 Å². The molecule has 3 aliphatic rings. The minimum Gasteiger partial charge on any atom is -0.304 e. The Kier molecular flexibility index (Phi) is 1.91. The number of nitrogens with one attached hydrogen (secondary N) is 1. The largest absolute Gasteiger partial charge is 0.304 e. The Morgan fingerprint density at radius 2 is 2.07 bits per heavy atom. The van der Waals surface area contributed by atoms with E-state index in [1.165, 1.54) is 25.7 Å². The third-order valence-electron chi connectivity index (χ3n) is 4.98. The summed E-state index contributed by atoms with van der Waals surface area (Å²) >= 11 is 0. The van der Waals surface area contributed by atoms with E-state index in [4.69, 9.17) is 0 Å². The molecule has 0 aromatic carbocycles. The van der Waals surface area contributed by atoms with Gasteiger partial charge in [0.15, 0.2) is 0 Å². The molecule has 1 heterocycles. The monoisotopic (exact) mass is 203 g/mol. The predicted molar refractivity (Wildman–Crippen MR) is 63.7 cm³/mol. The molecule has 0 spiro atoms. The van der Waals surface area contributed by atoms with Crippen LogP contribution >= 0.6 is 0 Å². The summed E-state index contributed by atoms with van der Waals surface area (Å²) in [4.78, 5) is 0. The van der Waals surface area contributed by atoms with Crippen molar-refractivity contribution in [2.75, 3.05) is 0 Å². The molecule has 0 radical (unpaired) electrons. The first-order chi connectivity index (χ1) is 7.15. The molecular formula is C14H21N. The standard InChI is InChI=1S/C14H21N/c1-13-9-5-4-8-12(13)15-14(2)10-6-3-7-11(13)14/h4-5,8-9,11-12,15H,3,6-7,10H2,1-2H3. The normalized spacial score (nSPS) is 52.7. The molecule has 4 atom stereocenters. The summed E-state index contributed by atoms with van der Waals surface area (Å²) in [6, 6.07) is 0.565. The van der Waals surface area contributed by atoms with Crippen molar-refractivity contribution in [2.24, 2.45) is 11.3 Å². The fourth-order valence-electron chi connectivity index (χ4n) is 4.14. The molecule has 82 valence electrons. The SMILES string of the molecule is CC12CCCCC1C1(C)C=CC=CC1N2. The van der Waals surface area contributed by atoms with E-state index in [1.54, 1.807) is 0 Å². The van der Waals surface area contributed by atoms with Crippen molar-refractivity contribution in [3.05, 3.63) is 24.3 Å². The summed E-state index contributed by atoms with van der Waals surface area (Å²) in [5, 5.41) is 3.87. The van der Waals surface area contributed by atoms with Gasteiger partial charge in [0.25, 0.3) is 0 Å². The van der Waals surface area contributed by atoms with Crippen molar-refractivity contribution < 1.29 is 0 Å². The Morgan fingerprint density at radius 3 is 2.93 bits per heavy atom. The highest BCUT2D eigenvalue weighted by Gasteiger charge is 2.56. The van der Waals surface area contributed by atoms with Gasteiger partial charge in [0.2, 0.25) is 0 Å². The molecule has 1 N–H and O–H groups in total. The Balaban J connectivity index is 2.01. The van der Waals surface area contributed by atoms with Gasteiger partial charge in [-0.3, -0.25) is 0 Å². The highest BCUT2D eigenvalue weighted by atomic mass is 15.1. The van der Waals surface area contributed by atoms with Crippen LogP contribution in [0.4, 0.5) is 0 Å². The maximum Gasteiger partial charge on any atom is 0.0350 e. The Hall–Kier alpha value is -0.560. The average Bonchev–Trinajstić information content (AvgIpc) is 2.46. The molecule has 0 aromatic heterocycles. The summed E-state index contributed by atoms with van der Waals surface area (Å²) in [5.74, 6) is 0.824. The lowest BCUT2D eigenvalue weighted by molar-refractivity contribution is 0.157. The van der Waals surface area contributed by atoms with Crippen LogP contribution in [0.5, 0.6) is 0 Å². The smallest absolute Gasteiger partial charge is 0.0350 e. The fraction of sp³-hybridized carbons (Fsp3) is 0.714. The second-order valence-electron chi connectivity index (χ2n) is 5.95. The Morgan fingerprint density at radius 1 is 1.20 bits per heavy atom. The third-order valence-corrected chi connectivity index (χ3v) is 4.98. The van der Waals surface area contributed by atoms with Gasteiger partial charge in [-0.25, -0.2) is 0 Å². The molecule has 4 unspecified atom stereocenters. The van der Waals surface area contributed by atoms with Gasteiger partial charge in [0.05, 0.1) is 0 Å². The zero-order valence-electron chi connectivity index (χ0n) is 9.79. The van der Waals surface area contributed by atoms with Crippen LogP contribution < -0.4 is 5.32 Å². The van der Waals surface area contributed by atoms with Crippen LogP contribution in [0.15, 0.2) is 24.3 Å². The van der Waals surface area contributed by atoms with E-state index in [2.05, 4.69) is 43.5 Å². The van der Waals surface area contributed by atoms with Crippen LogP contribution in [0.1, 0.15) is 39.5 Å². The molecule has 2 fully saturated rings. The number of hydrogen-bond donors (Lipinski definition) is 1. The van der Waals surface area contributed by atoms with Crippen molar-refractivity contribution in [3.63, 3.8) is 0 Å². The molecule has 1 aliphatic heterocycles. The quantitative estimate of drug-likeness (QED) is 0.638. The van der Waals surface area contributed by atoms with Gasteiger partial charge < -0.3 is 5.32 Å². The summed E-state index contributed by atoms with van der Waals surface area (Å²) in [5.41, 5.74) is 0.751. The molecule has 1 saturated carbocycles. The zero-order valence-corrected chi connectivity index (χ0v) is 9.79. The van der Waals surface area contributed by atoms with Gasteiger partial charge in [-0.05, 0) is 25.7 Å². The van der Waals surface area contributed by atoms with Crippen LogP contribution in [-0.2, 0) is 0 Å². The van der Waals surface area contributed by atoms with E-state index in [0.29, 0.717) is 17.0 Å². The molecule has 0 amide bonds. The van der Waals surface area contributed by atoms with Crippen molar-refractivity contribution in [1.82, 2.24) is 5.32 Å². The first-order valence-corrected chi connectivity index (χ1v) is 6.29. The predicted octanol–water partition coefficient (Wildman–Crippen LogP) is 3.04. The molecule has 0 bridgehead atoms. The lowest BCUT2D eigenvalue weighted by Gasteiger charge is -2.41. The molecule has 15 heavy (non-hydrogen) atoms. The Bertz CT molecular complexity index is 330. The van der Waals surface area contributed by atoms with E-state index < -0.39 is 0 Å². The van der Waals surface area contributed by atoms with Gasteiger partial charge in [-0.2, -0.15) is 0 Å². The van der Waals surface area contributed by atoms with E-state index in [9.17, 15) is 0 Å². The van der Waals surface area contributed by atoms with Crippen molar-refractivity contribution in [3.8, 4) is 0 Å². The number of rotatable bonds is 0. The Labute approximate surface area is 92.6 Å². The van der Waals surface area contributed by atoms with Gasteiger partial charge in [-0.15, -0.1) is 0 Å². The summed E-state index contributed by atoms with van der Waals surface area (Å²) in [6.45, 7) is 4.87. The molecule has 1 heteroatoms. The average molecular weight is 203 g/mol. The number of hydrogen-bond acceptors (Lipinski definition) is 1. The van der Waals surface area contributed by atoms with Gasteiger partial charge in [-0.1, -0.05) is 44.1 Å². The lowest BCUT2D eigenvalue weighted by Crippen LogP contribution is -2.45. The van der Waals surface area contributed by atoms with Gasteiger partial charge >= 0.3 is 0 Å². The molecule has 1 saturated heterocycles. The van der Waals surface area contributed by atoms with Crippen LogP contribution in [0, 0.1) is 11.3 Å². The summed E-state index contributed by atoms with van der Waals surface area (Å²) in [6.07, 6.45) is 14.8. The second-order valence-corrected chi connectivity index (χ2v) is 5.95. The molecule has 0 aromatic rings. The molecule has 2 aliphatic carbocycles. The minimum atomic E-state index is 0.365. The van der Waals surface area contributed by atoms with Crippen molar-refractivity contribution in [2.45, 2.75) is 51.1 Å². The first kappa shape index (κ1) is 9.65. The lowest BCUT2D eigenvalue weighted by atomic mass is 9.62. The van der Waals surface area contributed by atoms with Crippen molar-refractivity contribution in [1.29, 1.82) is 0 Å². The molecular weight excluding hydrogens is 182 g/mol. The van der Waals surface area contributed by atoms with E-state index in [-0.39, 0.29) is 0 Å². The van der Waals surface area contributed by atoms with Crippen LogP contribution in [0.2, 0.25) is 0 Å². The highest BCUT2D eigenvalue weighted by molar-refractivity contribution is 5.30. The van der Waals surface area contributed by atoms with Crippen molar-refractivity contribution >= 4 is 0 Å². The van der Waals surface area contributed by atoms with Crippen LogP contribution in [0.3, 0.4) is 0 Å². The first-order valence-electron chi connectivity index (χ1n) is 6.29. The van der Waals surface area contributed by atoms with E-state index in [1.807, 2.05) is 0 Å². The topological polar surface area (TPSA) is 12.0 Å². The molecule has 3 rings (SSSR count).